The fourth-order valence-electron chi connectivity index (χ4n) is 1.30. The Kier molecular flexibility index (Phi) is 4.92. The first-order valence-corrected chi connectivity index (χ1v) is 4.68. The summed E-state index contributed by atoms with van der Waals surface area (Å²) in [6.07, 6.45) is 1.54. The van der Waals surface area contributed by atoms with Gasteiger partial charge < -0.3 is 5.73 Å². The SMILES string of the molecule is C=C/N=C(C)\C(C(C)=C(C)C)=C(/C)N. The average molecular weight is 192 g/mol. The molecule has 0 saturated carbocycles. The van der Waals surface area contributed by atoms with E-state index in [1.807, 2.05) is 13.8 Å². The lowest BCUT2D eigenvalue weighted by Gasteiger charge is -2.11. The molecule has 14 heavy (non-hydrogen) atoms. The first-order valence-electron chi connectivity index (χ1n) is 4.68. The van der Waals surface area contributed by atoms with Crippen LogP contribution in [0.3, 0.4) is 0 Å². The topological polar surface area (TPSA) is 38.4 Å². The van der Waals surface area contributed by atoms with Crippen molar-refractivity contribution in [3.63, 3.8) is 0 Å². The average Bonchev–Trinajstić information content (AvgIpc) is 2.03. The number of rotatable bonds is 3. The Hall–Kier alpha value is -1.31. The van der Waals surface area contributed by atoms with Crippen molar-refractivity contribution in [2.24, 2.45) is 10.7 Å². The van der Waals surface area contributed by atoms with E-state index in [0.29, 0.717) is 0 Å². The highest BCUT2D eigenvalue weighted by Crippen LogP contribution is 2.17. The lowest BCUT2D eigenvalue weighted by atomic mass is 9.98. The second-order valence-corrected chi connectivity index (χ2v) is 3.58. The highest BCUT2D eigenvalue weighted by Gasteiger charge is 2.07. The summed E-state index contributed by atoms with van der Waals surface area (Å²) in [5.41, 5.74) is 11.0. The van der Waals surface area contributed by atoms with Gasteiger partial charge in [-0.2, -0.15) is 0 Å². The number of nitrogens with zero attached hydrogens (tertiary/aromatic N) is 1. The van der Waals surface area contributed by atoms with Crippen LogP contribution < -0.4 is 5.73 Å². The van der Waals surface area contributed by atoms with Crippen LogP contribution >= 0.6 is 0 Å². The smallest absolute Gasteiger partial charge is 0.0464 e. The van der Waals surface area contributed by atoms with E-state index in [2.05, 4.69) is 32.3 Å². The Labute approximate surface area is 86.9 Å². The Balaban J connectivity index is 5.44. The molecule has 0 saturated heterocycles. The van der Waals surface area contributed by atoms with Crippen LogP contribution in [0.2, 0.25) is 0 Å². The molecular formula is C12H20N2. The third-order valence-corrected chi connectivity index (χ3v) is 2.17. The zero-order valence-electron chi connectivity index (χ0n) is 9.81. The number of hydrogen-bond acceptors (Lipinski definition) is 2. The molecule has 0 aliphatic heterocycles. The van der Waals surface area contributed by atoms with Gasteiger partial charge >= 0.3 is 0 Å². The molecule has 0 bridgehead atoms. The van der Waals surface area contributed by atoms with Crippen molar-refractivity contribution >= 4 is 5.71 Å². The molecule has 2 nitrogen and oxygen atoms in total. The van der Waals surface area contributed by atoms with Crippen LogP contribution in [0, 0.1) is 0 Å². The first-order chi connectivity index (χ1) is 6.41. The summed E-state index contributed by atoms with van der Waals surface area (Å²) in [6.45, 7) is 13.6. The number of aliphatic imine (C=N–C) groups is 1. The number of nitrogens with two attached hydrogens (primary N) is 1. The third-order valence-electron chi connectivity index (χ3n) is 2.17. The minimum Gasteiger partial charge on any atom is -0.402 e. The van der Waals surface area contributed by atoms with Crippen LogP contribution in [-0.2, 0) is 0 Å². The molecule has 2 heteroatoms. The van der Waals surface area contributed by atoms with E-state index in [1.165, 1.54) is 17.3 Å². The van der Waals surface area contributed by atoms with E-state index in [-0.39, 0.29) is 0 Å². The van der Waals surface area contributed by atoms with Gasteiger partial charge in [-0.05, 0) is 40.2 Å². The number of allylic oxidation sites excluding steroid dienone is 4. The van der Waals surface area contributed by atoms with Crippen LogP contribution in [0.25, 0.3) is 0 Å². The van der Waals surface area contributed by atoms with E-state index in [4.69, 9.17) is 5.73 Å². The molecule has 0 aliphatic carbocycles. The lowest BCUT2D eigenvalue weighted by molar-refractivity contribution is 1.20. The molecule has 0 spiro atoms. The van der Waals surface area contributed by atoms with Gasteiger partial charge in [-0.1, -0.05) is 12.2 Å². The molecule has 0 aromatic heterocycles. The molecule has 78 valence electrons. The maximum Gasteiger partial charge on any atom is 0.0464 e. The summed E-state index contributed by atoms with van der Waals surface area (Å²) in [6, 6.07) is 0. The van der Waals surface area contributed by atoms with Crippen molar-refractivity contribution < 1.29 is 0 Å². The molecule has 0 aromatic carbocycles. The van der Waals surface area contributed by atoms with Gasteiger partial charge in [-0.25, -0.2) is 0 Å². The predicted octanol–water partition coefficient (Wildman–Crippen LogP) is 3.18. The van der Waals surface area contributed by atoms with Crippen LogP contribution in [-0.4, -0.2) is 5.71 Å². The fourth-order valence-corrected chi connectivity index (χ4v) is 1.30. The zero-order chi connectivity index (χ0) is 11.3. The van der Waals surface area contributed by atoms with Gasteiger partial charge in [-0.3, -0.25) is 4.99 Å². The van der Waals surface area contributed by atoms with Crippen molar-refractivity contribution in [2.75, 3.05) is 0 Å². The van der Waals surface area contributed by atoms with Crippen molar-refractivity contribution in [3.8, 4) is 0 Å². The van der Waals surface area contributed by atoms with E-state index in [0.717, 1.165) is 17.0 Å². The van der Waals surface area contributed by atoms with Crippen LogP contribution in [0.4, 0.5) is 0 Å². The normalized spacial score (nSPS) is 13.4. The molecule has 0 aromatic rings. The monoisotopic (exact) mass is 192 g/mol. The molecule has 0 aliphatic rings. The minimum atomic E-state index is 0.798. The molecule has 0 heterocycles. The van der Waals surface area contributed by atoms with Gasteiger partial charge in [0.25, 0.3) is 0 Å². The van der Waals surface area contributed by atoms with Gasteiger partial charge in [0.05, 0.1) is 0 Å². The minimum absolute atomic E-state index is 0.798. The van der Waals surface area contributed by atoms with Gasteiger partial charge in [0, 0.05) is 23.2 Å². The third kappa shape index (κ3) is 3.21. The molecule has 0 atom stereocenters. The summed E-state index contributed by atoms with van der Waals surface area (Å²) in [4.78, 5) is 4.16. The maximum absolute atomic E-state index is 5.84. The lowest BCUT2D eigenvalue weighted by Crippen LogP contribution is -2.08. The molecular weight excluding hydrogens is 172 g/mol. The zero-order valence-corrected chi connectivity index (χ0v) is 9.81. The van der Waals surface area contributed by atoms with E-state index in [9.17, 15) is 0 Å². The predicted molar refractivity (Wildman–Crippen MR) is 64.2 cm³/mol. The Bertz CT molecular complexity index is 309. The number of hydrogen-bond donors (Lipinski definition) is 1. The summed E-state index contributed by atoms with van der Waals surface area (Å²) >= 11 is 0. The first kappa shape index (κ1) is 12.7. The van der Waals surface area contributed by atoms with Gasteiger partial charge in [0.2, 0.25) is 0 Å². The summed E-state index contributed by atoms with van der Waals surface area (Å²) in [7, 11) is 0. The molecule has 0 fully saturated rings. The second-order valence-electron chi connectivity index (χ2n) is 3.58. The largest absolute Gasteiger partial charge is 0.402 e. The molecule has 0 rings (SSSR count). The van der Waals surface area contributed by atoms with Crippen LogP contribution in [0.1, 0.15) is 34.6 Å². The van der Waals surface area contributed by atoms with Crippen molar-refractivity contribution in [1.82, 2.24) is 0 Å². The Morgan fingerprint density at radius 3 is 1.93 bits per heavy atom. The van der Waals surface area contributed by atoms with Crippen molar-refractivity contribution in [1.29, 1.82) is 0 Å². The van der Waals surface area contributed by atoms with Crippen LogP contribution in [0.5, 0.6) is 0 Å². The fraction of sp³-hybridized carbons (Fsp3) is 0.417. The van der Waals surface area contributed by atoms with E-state index >= 15 is 0 Å². The molecule has 0 unspecified atom stereocenters. The highest BCUT2D eigenvalue weighted by atomic mass is 14.7. The van der Waals surface area contributed by atoms with Gasteiger partial charge in [0.1, 0.15) is 0 Å². The molecule has 0 radical (unpaired) electrons. The Morgan fingerprint density at radius 2 is 1.64 bits per heavy atom. The Morgan fingerprint density at radius 1 is 1.14 bits per heavy atom. The van der Waals surface area contributed by atoms with Crippen molar-refractivity contribution in [3.05, 3.63) is 35.2 Å². The summed E-state index contributed by atoms with van der Waals surface area (Å²) < 4.78 is 0. The van der Waals surface area contributed by atoms with Crippen molar-refractivity contribution in [2.45, 2.75) is 34.6 Å². The second kappa shape index (κ2) is 5.43. The summed E-state index contributed by atoms with van der Waals surface area (Å²) in [5.74, 6) is 0. The highest BCUT2D eigenvalue weighted by molar-refractivity contribution is 6.03. The standard InChI is InChI=1S/C12H20N2/c1-7-14-11(6)12(10(5)13)9(4)8(2)3/h7H,1,13H2,2-6H3/b12-10+,14-11-. The quantitative estimate of drug-likeness (QED) is 0.541. The van der Waals surface area contributed by atoms with Gasteiger partial charge in [0.15, 0.2) is 0 Å². The molecule has 2 N–H and O–H groups in total. The van der Waals surface area contributed by atoms with E-state index < -0.39 is 0 Å². The van der Waals surface area contributed by atoms with Gasteiger partial charge in [-0.15, -0.1) is 0 Å². The molecule has 0 amide bonds. The maximum atomic E-state index is 5.84. The summed E-state index contributed by atoms with van der Waals surface area (Å²) in [5, 5.41) is 0. The van der Waals surface area contributed by atoms with Crippen LogP contribution in [0.15, 0.2) is 40.2 Å². The van der Waals surface area contributed by atoms with E-state index in [1.54, 1.807) is 0 Å².